The summed E-state index contributed by atoms with van der Waals surface area (Å²) in [6.07, 6.45) is 6.01. The highest BCUT2D eigenvalue weighted by molar-refractivity contribution is 8.76. The van der Waals surface area contributed by atoms with E-state index in [1.807, 2.05) is 16.9 Å². The molecule has 0 spiro atoms. The molecule has 1 aromatic carbocycles. The fourth-order valence-electron chi connectivity index (χ4n) is 2.04. The molecule has 21 heavy (non-hydrogen) atoms. The predicted molar refractivity (Wildman–Crippen MR) is 94.8 cm³/mol. The van der Waals surface area contributed by atoms with Crippen LogP contribution in [0.25, 0.3) is 0 Å². The quantitative estimate of drug-likeness (QED) is 0.477. The minimum absolute atomic E-state index is 0.609. The summed E-state index contributed by atoms with van der Waals surface area (Å²) in [7, 11) is 7.06. The Bertz CT molecular complexity index is 414. The second kappa shape index (κ2) is 11.1. The van der Waals surface area contributed by atoms with Crippen LogP contribution in [0.3, 0.4) is 0 Å². The summed E-state index contributed by atoms with van der Waals surface area (Å²) in [5.41, 5.74) is 6.75. The molecule has 0 saturated heterocycles. The van der Waals surface area contributed by atoms with Gasteiger partial charge in [-0.1, -0.05) is 47.8 Å². The SMILES string of the molecule is CCCCCCSSc1cc(OC)c(CCN)cc1OC. The van der Waals surface area contributed by atoms with Crippen LogP contribution >= 0.6 is 21.6 Å². The molecule has 0 radical (unpaired) electrons. The van der Waals surface area contributed by atoms with Gasteiger partial charge in [-0.3, -0.25) is 0 Å². The third-order valence-corrected chi connectivity index (χ3v) is 5.67. The van der Waals surface area contributed by atoms with Gasteiger partial charge in [-0.2, -0.15) is 0 Å². The number of hydrogen-bond donors (Lipinski definition) is 1. The minimum atomic E-state index is 0.609. The highest BCUT2D eigenvalue weighted by Crippen LogP contribution is 2.41. The molecule has 0 aromatic heterocycles. The Morgan fingerprint density at radius 3 is 2.43 bits per heavy atom. The largest absolute Gasteiger partial charge is 0.496 e. The lowest BCUT2D eigenvalue weighted by Crippen LogP contribution is -2.05. The van der Waals surface area contributed by atoms with Crippen LogP contribution in [0.4, 0.5) is 0 Å². The van der Waals surface area contributed by atoms with Crippen molar-refractivity contribution in [3.8, 4) is 11.5 Å². The third kappa shape index (κ3) is 6.41. The topological polar surface area (TPSA) is 44.5 Å². The Hall–Kier alpha value is -0.520. The number of methoxy groups -OCH3 is 2. The molecule has 120 valence electrons. The standard InChI is InChI=1S/C16H27NO2S2/c1-4-5-6-7-10-20-21-16-12-14(18-2)13(8-9-17)11-15(16)19-3/h11-12H,4-10,17H2,1-3H3. The van der Waals surface area contributed by atoms with Gasteiger partial charge in [0.2, 0.25) is 0 Å². The highest BCUT2D eigenvalue weighted by atomic mass is 33.1. The maximum atomic E-state index is 5.65. The van der Waals surface area contributed by atoms with Gasteiger partial charge in [0.25, 0.3) is 0 Å². The van der Waals surface area contributed by atoms with Gasteiger partial charge in [0.15, 0.2) is 0 Å². The van der Waals surface area contributed by atoms with Crippen molar-refractivity contribution in [3.63, 3.8) is 0 Å². The van der Waals surface area contributed by atoms with Crippen molar-refractivity contribution in [1.82, 2.24) is 0 Å². The summed E-state index contributed by atoms with van der Waals surface area (Å²) in [6, 6.07) is 4.11. The third-order valence-electron chi connectivity index (χ3n) is 3.21. The van der Waals surface area contributed by atoms with Crippen LogP contribution in [0.5, 0.6) is 11.5 Å². The number of ether oxygens (including phenoxy) is 2. The van der Waals surface area contributed by atoms with Gasteiger partial charge in [0.05, 0.1) is 19.1 Å². The molecule has 0 unspecified atom stereocenters. The number of unbranched alkanes of at least 4 members (excludes halogenated alkanes) is 3. The second-order valence-electron chi connectivity index (χ2n) is 4.82. The summed E-state index contributed by atoms with van der Waals surface area (Å²) >= 11 is 0. The van der Waals surface area contributed by atoms with Crippen molar-refractivity contribution < 1.29 is 9.47 Å². The molecule has 0 aliphatic carbocycles. The molecule has 5 heteroatoms. The van der Waals surface area contributed by atoms with Crippen molar-refractivity contribution in [1.29, 1.82) is 0 Å². The number of rotatable bonds is 11. The second-order valence-corrected chi connectivity index (χ2v) is 7.28. The fourth-order valence-corrected chi connectivity index (χ4v) is 4.33. The van der Waals surface area contributed by atoms with E-state index in [-0.39, 0.29) is 0 Å². The van der Waals surface area contributed by atoms with E-state index in [1.165, 1.54) is 31.4 Å². The molecule has 0 aliphatic heterocycles. The molecule has 0 fully saturated rings. The lowest BCUT2D eigenvalue weighted by Gasteiger charge is -2.14. The fraction of sp³-hybridized carbons (Fsp3) is 0.625. The van der Waals surface area contributed by atoms with Crippen LogP contribution in [0, 0.1) is 0 Å². The maximum Gasteiger partial charge on any atom is 0.133 e. The minimum Gasteiger partial charge on any atom is -0.496 e. The molecule has 0 bridgehead atoms. The Kier molecular flexibility index (Phi) is 9.79. The molecule has 0 saturated carbocycles. The van der Waals surface area contributed by atoms with E-state index in [2.05, 4.69) is 13.0 Å². The maximum absolute atomic E-state index is 5.65. The molecular weight excluding hydrogens is 302 g/mol. The summed E-state index contributed by atoms with van der Waals surface area (Å²) in [5, 5.41) is 0. The first kappa shape index (κ1) is 18.5. The van der Waals surface area contributed by atoms with Gasteiger partial charge < -0.3 is 15.2 Å². The van der Waals surface area contributed by atoms with Crippen molar-refractivity contribution in [2.24, 2.45) is 5.73 Å². The molecule has 0 aliphatic rings. The zero-order chi connectivity index (χ0) is 15.5. The van der Waals surface area contributed by atoms with Crippen LogP contribution in [0.1, 0.15) is 38.2 Å². The average Bonchev–Trinajstić information content (AvgIpc) is 2.51. The molecule has 0 heterocycles. The first-order valence-electron chi connectivity index (χ1n) is 7.51. The van der Waals surface area contributed by atoms with E-state index >= 15 is 0 Å². The molecule has 3 nitrogen and oxygen atoms in total. The zero-order valence-corrected chi connectivity index (χ0v) is 14.9. The van der Waals surface area contributed by atoms with Crippen LogP contribution < -0.4 is 15.2 Å². The highest BCUT2D eigenvalue weighted by Gasteiger charge is 2.11. The lowest BCUT2D eigenvalue weighted by atomic mass is 10.1. The number of hydrogen-bond acceptors (Lipinski definition) is 5. The van der Waals surface area contributed by atoms with E-state index in [0.29, 0.717) is 6.54 Å². The lowest BCUT2D eigenvalue weighted by molar-refractivity contribution is 0.390. The zero-order valence-electron chi connectivity index (χ0n) is 13.3. The van der Waals surface area contributed by atoms with Gasteiger partial charge in [-0.15, -0.1) is 0 Å². The van der Waals surface area contributed by atoms with Crippen molar-refractivity contribution in [2.45, 2.75) is 43.9 Å². The first-order chi connectivity index (χ1) is 10.3. The number of nitrogens with two attached hydrogens (primary N) is 1. The van der Waals surface area contributed by atoms with Crippen molar-refractivity contribution in [2.75, 3.05) is 26.5 Å². The van der Waals surface area contributed by atoms with Crippen LogP contribution in [-0.4, -0.2) is 26.5 Å². The van der Waals surface area contributed by atoms with E-state index in [4.69, 9.17) is 15.2 Å². The number of benzene rings is 1. The molecule has 2 N–H and O–H groups in total. The summed E-state index contributed by atoms with van der Waals surface area (Å²) in [5.74, 6) is 2.97. The molecule has 1 rings (SSSR count). The Labute approximate surface area is 136 Å². The van der Waals surface area contributed by atoms with E-state index < -0.39 is 0 Å². The summed E-state index contributed by atoms with van der Waals surface area (Å²) in [4.78, 5) is 1.12. The molecule has 0 atom stereocenters. The summed E-state index contributed by atoms with van der Waals surface area (Å²) < 4.78 is 11.0. The smallest absolute Gasteiger partial charge is 0.133 e. The summed E-state index contributed by atoms with van der Waals surface area (Å²) in [6.45, 7) is 2.85. The monoisotopic (exact) mass is 329 g/mol. The van der Waals surface area contributed by atoms with Gasteiger partial charge >= 0.3 is 0 Å². The average molecular weight is 330 g/mol. The van der Waals surface area contributed by atoms with Crippen LogP contribution in [-0.2, 0) is 6.42 Å². The molecule has 0 amide bonds. The molecule has 1 aromatic rings. The first-order valence-corrected chi connectivity index (χ1v) is 9.83. The Balaban J connectivity index is 2.63. The van der Waals surface area contributed by atoms with Gasteiger partial charge in [-0.05, 0) is 37.1 Å². The van der Waals surface area contributed by atoms with Crippen molar-refractivity contribution in [3.05, 3.63) is 17.7 Å². The van der Waals surface area contributed by atoms with E-state index in [0.717, 1.165) is 28.4 Å². The van der Waals surface area contributed by atoms with Crippen molar-refractivity contribution >= 4 is 21.6 Å². The van der Waals surface area contributed by atoms with Crippen LogP contribution in [0.15, 0.2) is 17.0 Å². The van der Waals surface area contributed by atoms with Gasteiger partial charge in [-0.25, -0.2) is 0 Å². The van der Waals surface area contributed by atoms with Gasteiger partial charge in [0, 0.05) is 5.75 Å². The normalized spacial score (nSPS) is 10.7. The van der Waals surface area contributed by atoms with Crippen LogP contribution in [0.2, 0.25) is 0 Å². The van der Waals surface area contributed by atoms with E-state index in [9.17, 15) is 0 Å². The predicted octanol–water partition coefficient (Wildman–Crippen LogP) is 4.53. The Morgan fingerprint density at radius 2 is 1.81 bits per heavy atom. The van der Waals surface area contributed by atoms with E-state index in [1.54, 1.807) is 25.0 Å². The molecular formula is C16H27NO2S2. The van der Waals surface area contributed by atoms with Gasteiger partial charge in [0.1, 0.15) is 11.5 Å². The Morgan fingerprint density at radius 1 is 1.05 bits per heavy atom.